The van der Waals surface area contributed by atoms with Crippen LogP contribution in [-0.2, 0) is 6.54 Å². The van der Waals surface area contributed by atoms with E-state index in [1.54, 1.807) is 29.8 Å². The van der Waals surface area contributed by atoms with Crippen molar-refractivity contribution in [1.82, 2.24) is 25.0 Å². The van der Waals surface area contributed by atoms with E-state index in [1.165, 1.54) is 18.3 Å². The summed E-state index contributed by atoms with van der Waals surface area (Å²) in [6, 6.07) is 5.72. The van der Waals surface area contributed by atoms with Crippen molar-refractivity contribution in [2.24, 2.45) is 5.41 Å². The second-order valence-corrected chi connectivity index (χ2v) is 10.9. The van der Waals surface area contributed by atoms with E-state index in [4.69, 9.17) is 11.6 Å². The lowest BCUT2D eigenvalue weighted by Gasteiger charge is -2.20. The van der Waals surface area contributed by atoms with Crippen LogP contribution in [0, 0.1) is 28.5 Å². The number of pyridine rings is 2. The maximum absolute atomic E-state index is 13.9. The van der Waals surface area contributed by atoms with Crippen molar-refractivity contribution in [3.05, 3.63) is 101 Å². The van der Waals surface area contributed by atoms with Crippen LogP contribution < -0.4 is 10.6 Å². The zero-order valence-corrected chi connectivity index (χ0v) is 23.6. The van der Waals surface area contributed by atoms with Gasteiger partial charge < -0.3 is 10.6 Å². The number of nitrogens with one attached hydrogen (secondary N) is 2. The number of hydrogen-bond acceptors (Lipinski definition) is 7. The zero-order valence-electron chi connectivity index (χ0n) is 22.8. The van der Waals surface area contributed by atoms with Gasteiger partial charge in [-0.25, -0.2) is 13.8 Å². The summed E-state index contributed by atoms with van der Waals surface area (Å²) in [5, 5.41) is 25.4. The van der Waals surface area contributed by atoms with Gasteiger partial charge in [0.15, 0.2) is 5.82 Å². The molecule has 8 nitrogen and oxygen atoms in total. The van der Waals surface area contributed by atoms with Crippen LogP contribution >= 0.6 is 11.6 Å². The Bertz CT molecular complexity index is 1790. The minimum Gasteiger partial charge on any atom is -0.373 e. The molecule has 3 aromatic heterocycles. The third kappa shape index (κ3) is 6.29. The Labute approximate surface area is 245 Å². The summed E-state index contributed by atoms with van der Waals surface area (Å²) >= 11 is 6.63. The van der Waals surface area contributed by atoms with Gasteiger partial charge >= 0.3 is 0 Å². The maximum atomic E-state index is 13.9. The standard InChI is InChI=1S/C30H26ClF3N8/c1-4-19(32)6-5-17(2)26(25-15-42(41-40-25)16-30(3)7-8-30)38-20-9-22-27(39-21-11-24(33)29(34)37-14-21)18(12-35)13-36-28(22)23(31)10-20/h4-6,9-11,13-15,26,38H,2,7-8,16H2,1,3H3,(H,36,39)/b6-5-,19-4+/t26-/m0/s1. The number of allylic oxidation sites excluding steroid dienone is 3. The van der Waals surface area contributed by atoms with Gasteiger partial charge in [-0.1, -0.05) is 42.5 Å². The quantitative estimate of drug-likeness (QED) is 0.144. The van der Waals surface area contributed by atoms with Gasteiger partial charge in [0.1, 0.15) is 17.6 Å². The molecular formula is C30H26ClF3N8. The van der Waals surface area contributed by atoms with Gasteiger partial charge in [-0.2, -0.15) is 9.65 Å². The number of fused-ring (bicyclic) bond motifs is 1. The molecular weight excluding hydrogens is 565 g/mol. The van der Waals surface area contributed by atoms with E-state index >= 15 is 0 Å². The van der Waals surface area contributed by atoms with Gasteiger partial charge in [0.2, 0.25) is 5.95 Å². The molecule has 12 heteroatoms. The highest BCUT2D eigenvalue weighted by atomic mass is 35.5. The van der Waals surface area contributed by atoms with Crippen molar-refractivity contribution in [3.63, 3.8) is 0 Å². The SMILES string of the molecule is C=C(/C=C\C(F)=C/C)[C@H](Nc1cc(Cl)c2ncc(C#N)c(Nc3cnc(F)c(F)c3)c2c1)c1cn(CC2(C)CC2)nn1. The number of hydrogen-bond donors (Lipinski definition) is 2. The summed E-state index contributed by atoms with van der Waals surface area (Å²) in [6.45, 7) is 8.64. The van der Waals surface area contributed by atoms with E-state index in [2.05, 4.69) is 50.5 Å². The molecule has 5 rings (SSSR count). The number of anilines is 3. The highest BCUT2D eigenvalue weighted by Gasteiger charge is 2.38. The Morgan fingerprint density at radius 1 is 1.21 bits per heavy atom. The molecule has 0 aliphatic heterocycles. The molecule has 3 heterocycles. The van der Waals surface area contributed by atoms with Crippen molar-refractivity contribution in [3.8, 4) is 6.07 Å². The largest absolute Gasteiger partial charge is 0.373 e. The van der Waals surface area contributed by atoms with E-state index in [0.29, 0.717) is 27.9 Å². The summed E-state index contributed by atoms with van der Waals surface area (Å²) in [5.74, 6) is -2.82. The van der Waals surface area contributed by atoms with Crippen molar-refractivity contribution in [1.29, 1.82) is 5.26 Å². The monoisotopic (exact) mass is 590 g/mol. The molecule has 1 aliphatic carbocycles. The molecule has 1 saturated carbocycles. The minimum atomic E-state index is -1.24. The maximum Gasteiger partial charge on any atom is 0.249 e. The first kappa shape index (κ1) is 28.8. The van der Waals surface area contributed by atoms with Crippen LogP contribution in [-0.4, -0.2) is 25.0 Å². The Balaban J connectivity index is 1.55. The van der Waals surface area contributed by atoms with E-state index in [9.17, 15) is 18.4 Å². The smallest absolute Gasteiger partial charge is 0.249 e. The summed E-state index contributed by atoms with van der Waals surface area (Å²) in [6.07, 6.45) is 10.7. The van der Waals surface area contributed by atoms with Gasteiger partial charge in [-0.3, -0.25) is 9.67 Å². The van der Waals surface area contributed by atoms with Crippen molar-refractivity contribution < 1.29 is 13.2 Å². The molecule has 0 radical (unpaired) electrons. The Morgan fingerprint density at radius 3 is 2.69 bits per heavy atom. The number of nitriles is 1. The predicted octanol–water partition coefficient (Wildman–Crippen LogP) is 7.71. The topological polar surface area (TPSA) is 104 Å². The van der Waals surface area contributed by atoms with Gasteiger partial charge in [-0.05, 0) is 49.0 Å². The van der Waals surface area contributed by atoms with Crippen molar-refractivity contribution >= 4 is 39.6 Å². The van der Waals surface area contributed by atoms with Gasteiger partial charge in [-0.15, -0.1) is 5.10 Å². The van der Waals surface area contributed by atoms with Crippen molar-refractivity contribution in [2.75, 3.05) is 10.6 Å². The molecule has 1 atom stereocenters. The van der Waals surface area contributed by atoms with Crippen LogP contribution in [0.25, 0.3) is 10.9 Å². The van der Waals surface area contributed by atoms with Gasteiger partial charge in [0.05, 0.1) is 45.9 Å². The van der Waals surface area contributed by atoms with Gasteiger partial charge in [0, 0.05) is 29.9 Å². The lowest BCUT2D eigenvalue weighted by Crippen LogP contribution is -2.13. The van der Waals surface area contributed by atoms with Crippen LogP contribution in [0.4, 0.5) is 30.2 Å². The molecule has 1 fully saturated rings. The average Bonchev–Trinajstić information content (AvgIpc) is 3.52. The average molecular weight is 591 g/mol. The van der Waals surface area contributed by atoms with E-state index in [1.807, 2.05) is 6.20 Å². The highest BCUT2D eigenvalue weighted by molar-refractivity contribution is 6.36. The first-order valence-electron chi connectivity index (χ1n) is 13.0. The second-order valence-electron chi connectivity index (χ2n) is 10.4. The Kier molecular flexibility index (Phi) is 8.00. The Morgan fingerprint density at radius 2 is 2.00 bits per heavy atom. The second kappa shape index (κ2) is 11.7. The molecule has 1 aromatic carbocycles. The summed E-state index contributed by atoms with van der Waals surface area (Å²) in [4.78, 5) is 7.73. The molecule has 214 valence electrons. The molecule has 0 spiro atoms. The summed E-state index contributed by atoms with van der Waals surface area (Å²) < 4.78 is 43.0. The highest BCUT2D eigenvalue weighted by Crippen LogP contribution is 2.46. The third-order valence-corrected chi connectivity index (χ3v) is 7.31. The lowest BCUT2D eigenvalue weighted by atomic mass is 10.0. The fraction of sp³-hybridized carbons (Fsp3) is 0.233. The number of halogens is 4. The van der Waals surface area contributed by atoms with Gasteiger partial charge in [0.25, 0.3) is 0 Å². The third-order valence-electron chi connectivity index (χ3n) is 7.02. The first-order valence-corrected chi connectivity index (χ1v) is 13.4. The zero-order chi connectivity index (χ0) is 30.0. The molecule has 1 aliphatic rings. The number of aromatic nitrogens is 5. The molecule has 0 saturated heterocycles. The number of rotatable bonds is 10. The number of nitrogens with zero attached hydrogens (tertiary/aromatic N) is 6. The molecule has 42 heavy (non-hydrogen) atoms. The lowest BCUT2D eigenvalue weighted by molar-refractivity contribution is 0.424. The summed E-state index contributed by atoms with van der Waals surface area (Å²) in [7, 11) is 0. The molecule has 0 unspecified atom stereocenters. The molecule has 2 N–H and O–H groups in total. The first-order chi connectivity index (χ1) is 20.1. The van der Waals surface area contributed by atoms with Crippen molar-refractivity contribution in [2.45, 2.75) is 39.3 Å². The van der Waals surface area contributed by atoms with E-state index in [-0.39, 0.29) is 27.4 Å². The Hall–Kier alpha value is -4.69. The normalized spacial score (nSPS) is 15.0. The molecule has 0 amide bonds. The van der Waals surface area contributed by atoms with E-state index < -0.39 is 23.6 Å². The van der Waals surface area contributed by atoms with Crippen LogP contribution in [0.5, 0.6) is 0 Å². The van der Waals surface area contributed by atoms with Crippen LogP contribution in [0.3, 0.4) is 0 Å². The minimum absolute atomic E-state index is 0.121. The van der Waals surface area contributed by atoms with E-state index in [0.717, 1.165) is 31.6 Å². The fourth-order valence-electron chi connectivity index (χ4n) is 4.38. The molecule has 4 aromatic rings. The summed E-state index contributed by atoms with van der Waals surface area (Å²) in [5.41, 5.74) is 2.67. The van der Waals surface area contributed by atoms with Crippen LogP contribution in [0.15, 0.2) is 73.0 Å². The van der Waals surface area contributed by atoms with Crippen LogP contribution in [0.1, 0.15) is 44.0 Å². The molecule has 0 bridgehead atoms. The van der Waals surface area contributed by atoms with Crippen LogP contribution in [0.2, 0.25) is 5.02 Å². The fourth-order valence-corrected chi connectivity index (χ4v) is 4.65. The number of benzene rings is 1. The predicted molar refractivity (Wildman–Crippen MR) is 156 cm³/mol.